The van der Waals surface area contributed by atoms with Crippen LogP contribution in [0.25, 0.3) is 0 Å². The number of sulfonamides is 1. The summed E-state index contributed by atoms with van der Waals surface area (Å²) in [4.78, 5) is 23.8. The number of carbonyl (C=O) groups is 2. The van der Waals surface area contributed by atoms with Crippen molar-refractivity contribution in [2.24, 2.45) is 0 Å². The molecule has 0 fully saturated rings. The van der Waals surface area contributed by atoms with Gasteiger partial charge in [0, 0.05) is 9.26 Å². The minimum Gasteiger partial charge on any atom is -0.452 e. The van der Waals surface area contributed by atoms with Gasteiger partial charge in [-0.05, 0) is 66.0 Å². The molecule has 0 aliphatic carbocycles. The second-order valence-corrected chi connectivity index (χ2v) is 8.00. The maximum Gasteiger partial charge on any atom is 0.338 e. The summed E-state index contributed by atoms with van der Waals surface area (Å²) in [7, 11) is -2.39. The monoisotopic (exact) mass is 474 g/mol. The molecule has 132 valence electrons. The normalized spacial score (nSPS) is 11.0. The Morgan fingerprint density at radius 2 is 1.84 bits per heavy atom. The Kier molecular flexibility index (Phi) is 6.51. The SMILES string of the molecule is CNS(=O)(=O)c1cccc(C(=O)OCC(=O)Nc2cccc(I)c2)c1. The van der Waals surface area contributed by atoms with E-state index in [2.05, 4.69) is 32.6 Å². The first-order valence-electron chi connectivity index (χ1n) is 7.08. The molecule has 2 N–H and O–H groups in total. The molecule has 0 radical (unpaired) electrons. The zero-order valence-corrected chi connectivity index (χ0v) is 16.1. The molecule has 0 unspecified atom stereocenters. The lowest BCUT2D eigenvalue weighted by atomic mass is 10.2. The Labute approximate surface area is 159 Å². The fourth-order valence-electron chi connectivity index (χ4n) is 1.89. The van der Waals surface area contributed by atoms with Crippen molar-refractivity contribution in [1.82, 2.24) is 4.72 Å². The number of amides is 1. The molecule has 0 aliphatic rings. The number of nitrogens with one attached hydrogen (secondary N) is 2. The van der Waals surface area contributed by atoms with Crippen LogP contribution in [0.2, 0.25) is 0 Å². The molecular formula is C16H15IN2O5S. The highest BCUT2D eigenvalue weighted by atomic mass is 127. The fraction of sp³-hybridized carbons (Fsp3) is 0.125. The van der Waals surface area contributed by atoms with Crippen LogP contribution >= 0.6 is 22.6 Å². The Balaban J connectivity index is 1.98. The second-order valence-electron chi connectivity index (χ2n) is 4.87. The van der Waals surface area contributed by atoms with Gasteiger partial charge in [0.15, 0.2) is 6.61 Å². The van der Waals surface area contributed by atoms with Crippen LogP contribution in [0.1, 0.15) is 10.4 Å². The third kappa shape index (κ3) is 5.51. The smallest absolute Gasteiger partial charge is 0.338 e. The molecular weight excluding hydrogens is 459 g/mol. The number of rotatable bonds is 6. The highest BCUT2D eigenvalue weighted by Gasteiger charge is 2.16. The average molecular weight is 474 g/mol. The van der Waals surface area contributed by atoms with Crippen LogP contribution in [0.4, 0.5) is 5.69 Å². The van der Waals surface area contributed by atoms with E-state index in [0.717, 1.165) is 3.57 Å². The quantitative estimate of drug-likeness (QED) is 0.493. The van der Waals surface area contributed by atoms with Crippen molar-refractivity contribution in [3.8, 4) is 0 Å². The predicted molar refractivity (Wildman–Crippen MR) is 101 cm³/mol. The molecule has 7 nitrogen and oxygen atoms in total. The van der Waals surface area contributed by atoms with E-state index in [4.69, 9.17) is 4.74 Å². The van der Waals surface area contributed by atoms with E-state index in [1.165, 1.54) is 31.3 Å². The molecule has 0 aliphatic heterocycles. The number of benzene rings is 2. The van der Waals surface area contributed by atoms with Crippen molar-refractivity contribution in [3.63, 3.8) is 0 Å². The first-order chi connectivity index (χ1) is 11.8. The van der Waals surface area contributed by atoms with Crippen LogP contribution in [0.3, 0.4) is 0 Å². The summed E-state index contributed by atoms with van der Waals surface area (Å²) in [5.41, 5.74) is 0.633. The second kappa shape index (κ2) is 8.41. The highest BCUT2D eigenvalue weighted by Crippen LogP contribution is 2.13. The first kappa shape index (κ1) is 19.3. The Morgan fingerprint density at radius 1 is 1.12 bits per heavy atom. The largest absolute Gasteiger partial charge is 0.452 e. The van der Waals surface area contributed by atoms with Gasteiger partial charge in [-0.3, -0.25) is 4.79 Å². The van der Waals surface area contributed by atoms with Crippen LogP contribution < -0.4 is 10.0 Å². The van der Waals surface area contributed by atoms with Crippen molar-refractivity contribution >= 4 is 50.2 Å². The van der Waals surface area contributed by atoms with E-state index in [9.17, 15) is 18.0 Å². The van der Waals surface area contributed by atoms with Gasteiger partial charge < -0.3 is 10.1 Å². The molecule has 0 atom stereocenters. The molecule has 0 saturated carbocycles. The van der Waals surface area contributed by atoms with E-state index in [1.807, 2.05) is 6.07 Å². The average Bonchev–Trinajstić information content (AvgIpc) is 2.60. The van der Waals surface area contributed by atoms with Gasteiger partial charge in [-0.2, -0.15) is 0 Å². The lowest BCUT2D eigenvalue weighted by molar-refractivity contribution is -0.119. The number of carbonyl (C=O) groups excluding carboxylic acids is 2. The maximum atomic E-state index is 12.0. The third-order valence-electron chi connectivity index (χ3n) is 3.09. The van der Waals surface area contributed by atoms with Crippen LogP contribution in [0.15, 0.2) is 53.4 Å². The number of ether oxygens (including phenoxy) is 1. The third-order valence-corrected chi connectivity index (χ3v) is 5.17. The number of hydrogen-bond donors (Lipinski definition) is 2. The molecule has 9 heteroatoms. The number of anilines is 1. The van der Waals surface area contributed by atoms with Gasteiger partial charge in [0.05, 0.1) is 10.5 Å². The summed E-state index contributed by atoms with van der Waals surface area (Å²) in [6.07, 6.45) is 0. The Morgan fingerprint density at radius 3 is 2.52 bits per heavy atom. The first-order valence-corrected chi connectivity index (χ1v) is 9.64. The molecule has 0 bridgehead atoms. The van der Waals surface area contributed by atoms with Crippen molar-refractivity contribution < 1.29 is 22.7 Å². The number of hydrogen-bond acceptors (Lipinski definition) is 5. The minimum atomic E-state index is -3.67. The predicted octanol–water partition coefficient (Wildman–Crippen LogP) is 1.99. The summed E-state index contributed by atoms with van der Waals surface area (Å²) in [5, 5.41) is 2.61. The summed E-state index contributed by atoms with van der Waals surface area (Å²) in [5.74, 6) is -1.28. The van der Waals surface area contributed by atoms with Gasteiger partial charge in [0.2, 0.25) is 10.0 Å². The van der Waals surface area contributed by atoms with E-state index in [0.29, 0.717) is 5.69 Å². The van der Waals surface area contributed by atoms with Crippen molar-refractivity contribution in [2.45, 2.75) is 4.90 Å². The summed E-state index contributed by atoms with van der Waals surface area (Å²) in [6.45, 7) is -0.479. The summed E-state index contributed by atoms with van der Waals surface area (Å²) < 4.78 is 31.5. The standard InChI is InChI=1S/C16H15IN2O5S/c1-18-25(22,23)14-7-2-4-11(8-14)16(21)24-10-15(20)19-13-6-3-5-12(17)9-13/h2-9,18H,10H2,1H3,(H,19,20). The Hall–Kier alpha value is -1.98. The Bertz CT molecular complexity index is 899. The van der Waals surface area contributed by atoms with Crippen molar-refractivity contribution in [3.05, 3.63) is 57.7 Å². The number of esters is 1. The molecule has 2 aromatic rings. The van der Waals surface area contributed by atoms with E-state index >= 15 is 0 Å². The molecule has 2 aromatic carbocycles. The van der Waals surface area contributed by atoms with Gasteiger partial charge in [-0.1, -0.05) is 12.1 Å². The fourth-order valence-corrected chi connectivity index (χ4v) is 3.20. The topological polar surface area (TPSA) is 102 Å². The van der Waals surface area contributed by atoms with Crippen LogP contribution in [-0.2, 0) is 19.6 Å². The van der Waals surface area contributed by atoms with E-state index in [-0.39, 0.29) is 10.5 Å². The lowest BCUT2D eigenvalue weighted by Crippen LogP contribution is -2.21. The summed E-state index contributed by atoms with van der Waals surface area (Å²) >= 11 is 2.11. The van der Waals surface area contributed by atoms with Gasteiger partial charge in [0.25, 0.3) is 5.91 Å². The molecule has 0 spiro atoms. The minimum absolute atomic E-state index is 0.0402. The molecule has 25 heavy (non-hydrogen) atoms. The van der Waals surface area contributed by atoms with Crippen molar-refractivity contribution in [1.29, 1.82) is 0 Å². The number of halogens is 1. The zero-order valence-electron chi connectivity index (χ0n) is 13.2. The van der Waals surface area contributed by atoms with E-state index < -0.39 is 28.5 Å². The molecule has 1 amide bonds. The lowest BCUT2D eigenvalue weighted by Gasteiger charge is -2.08. The van der Waals surface area contributed by atoms with Gasteiger partial charge in [-0.25, -0.2) is 17.9 Å². The molecule has 0 heterocycles. The van der Waals surface area contributed by atoms with Crippen LogP contribution in [0.5, 0.6) is 0 Å². The van der Waals surface area contributed by atoms with Gasteiger partial charge in [-0.15, -0.1) is 0 Å². The maximum absolute atomic E-state index is 12.0. The molecule has 0 saturated heterocycles. The molecule has 0 aromatic heterocycles. The van der Waals surface area contributed by atoms with Crippen LogP contribution in [0, 0.1) is 3.57 Å². The molecule has 2 rings (SSSR count). The van der Waals surface area contributed by atoms with Crippen molar-refractivity contribution in [2.75, 3.05) is 19.0 Å². The van der Waals surface area contributed by atoms with Gasteiger partial charge >= 0.3 is 5.97 Å². The van der Waals surface area contributed by atoms with Gasteiger partial charge in [0.1, 0.15) is 0 Å². The summed E-state index contributed by atoms with van der Waals surface area (Å²) in [6, 6.07) is 12.5. The zero-order chi connectivity index (χ0) is 18.4. The highest BCUT2D eigenvalue weighted by molar-refractivity contribution is 14.1. The van der Waals surface area contributed by atoms with E-state index in [1.54, 1.807) is 18.2 Å². The van der Waals surface area contributed by atoms with Crippen LogP contribution in [-0.4, -0.2) is 33.9 Å².